The fourth-order valence-corrected chi connectivity index (χ4v) is 4.04. The molecule has 3 nitrogen and oxygen atoms in total. The molecule has 0 N–H and O–H groups in total. The van der Waals surface area contributed by atoms with Crippen molar-refractivity contribution in [1.29, 1.82) is 0 Å². The lowest BCUT2D eigenvalue weighted by Crippen LogP contribution is -2.13. The van der Waals surface area contributed by atoms with E-state index < -0.39 is 12.3 Å². The topological polar surface area (TPSA) is 35.0 Å². The first-order chi connectivity index (χ1) is 16.6. The molecule has 0 fully saturated rings. The van der Waals surface area contributed by atoms with Crippen molar-refractivity contribution < 1.29 is 13.5 Å². The van der Waals surface area contributed by atoms with Gasteiger partial charge in [0.2, 0.25) is 0 Å². The third-order valence-electron chi connectivity index (χ3n) is 6.22. The molecule has 2 rings (SSSR count). The van der Waals surface area contributed by atoms with Crippen LogP contribution in [0.15, 0.2) is 36.7 Å². The Bertz CT molecular complexity index is 752. The van der Waals surface area contributed by atoms with E-state index in [2.05, 4.69) is 16.9 Å². The highest BCUT2D eigenvalue weighted by Gasteiger charge is 2.15. The molecule has 34 heavy (non-hydrogen) atoms. The summed E-state index contributed by atoms with van der Waals surface area (Å²) in [4.78, 5) is 9.05. The number of rotatable bonds is 19. The maximum absolute atomic E-state index is 13.9. The second-order valence-electron chi connectivity index (χ2n) is 9.37. The molecule has 0 spiro atoms. The Kier molecular flexibility index (Phi) is 14.4. The van der Waals surface area contributed by atoms with Crippen LogP contribution in [-0.4, -0.2) is 28.9 Å². The summed E-state index contributed by atoms with van der Waals surface area (Å²) in [7, 11) is 0. The Morgan fingerprint density at radius 3 is 1.97 bits per heavy atom. The fraction of sp³-hybridized carbons (Fsp3) is 0.655. The van der Waals surface area contributed by atoms with Crippen LogP contribution in [0.4, 0.5) is 8.78 Å². The van der Waals surface area contributed by atoms with E-state index in [-0.39, 0.29) is 19.4 Å². The second-order valence-corrected chi connectivity index (χ2v) is 9.37. The van der Waals surface area contributed by atoms with Crippen molar-refractivity contribution >= 4 is 0 Å². The van der Waals surface area contributed by atoms with Crippen molar-refractivity contribution in [2.45, 2.75) is 116 Å². The first-order valence-electron chi connectivity index (χ1n) is 13.4. The van der Waals surface area contributed by atoms with Crippen LogP contribution in [0.3, 0.4) is 0 Å². The molecule has 2 aromatic rings. The van der Waals surface area contributed by atoms with Gasteiger partial charge in [-0.25, -0.2) is 18.7 Å². The molecule has 0 radical (unpaired) electrons. The molecular formula is C29H44F2N2O. The van der Waals surface area contributed by atoms with Crippen LogP contribution >= 0.6 is 0 Å². The van der Waals surface area contributed by atoms with Crippen molar-refractivity contribution in [2.75, 3.05) is 6.61 Å². The second kappa shape index (κ2) is 17.4. The van der Waals surface area contributed by atoms with Crippen LogP contribution in [0.1, 0.15) is 103 Å². The van der Waals surface area contributed by atoms with Crippen molar-refractivity contribution in [3.8, 4) is 17.1 Å². The summed E-state index contributed by atoms with van der Waals surface area (Å²) in [5.74, 6) is 1.36. The number of hydrogen-bond donors (Lipinski definition) is 0. The minimum Gasteiger partial charge on any atom is -0.493 e. The van der Waals surface area contributed by atoms with Gasteiger partial charge in [-0.1, -0.05) is 71.6 Å². The van der Waals surface area contributed by atoms with Crippen molar-refractivity contribution in [1.82, 2.24) is 9.97 Å². The van der Waals surface area contributed by atoms with Crippen LogP contribution in [-0.2, 0) is 6.42 Å². The predicted octanol–water partition coefficient (Wildman–Crippen LogP) is 8.85. The monoisotopic (exact) mass is 474 g/mol. The molecule has 0 bridgehead atoms. The molecule has 0 aliphatic carbocycles. The largest absolute Gasteiger partial charge is 0.493 e. The molecule has 0 saturated carbocycles. The Morgan fingerprint density at radius 1 is 0.735 bits per heavy atom. The maximum atomic E-state index is 13.9. The minimum atomic E-state index is -1.16. The van der Waals surface area contributed by atoms with Gasteiger partial charge in [0.15, 0.2) is 5.82 Å². The molecular weight excluding hydrogens is 430 g/mol. The third-order valence-corrected chi connectivity index (χ3v) is 6.22. The molecule has 0 aliphatic heterocycles. The van der Waals surface area contributed by atoms with E-state index in [1.165, 1.54) is 56.9 Å². The van der Waals surface area contributed by atoms with Crippen LogP contribution in [0, 0.1) is 0 Å². The predicted molar refractivity (Wildman–Crippen MR) is 138 cm³/mol. The number of benzene rings is 1. The van der Waals surface area contributed by atoms with Crippen LogP contribution in [0.2, 0.25) is 0 Å². The standard InChI is InChI=1S/C29H44F2N2O/c1-3-5-7-8-9-10-11-12-13-24-22-32-29(33-23-24)25-15-17-28(18-16-25)34-20-19-27(31)21-26(30)14-6-4-2/h15-18,22-23,26-27H,3-14,19-21H2,1-2H3/t26-,27+/m1/s1. The molecule has 190 valence electrons. The average molecular weight is 475 g/mol. The molecule has 0 unspecified atom stereocenters. The number of ether oxygens (including phenoxy) is 1. The first kappa shape index (κ1) is 28.2. The Hall–Kier alpha value is -2.04. The van der Waals surface area contributed by atoms with Gasteiger partial charge >= 0.3 is 0 Å². The molecule has 1 aromatic heterocycles. The number of aryl methyl sites for hydroxylation is 1. The Labute approximate surface area is 205 Å². The molecule has 0 saturated heterocycles. The maximum Gasteiger partial charge on any atom is 0.159 e. The summed E-state index contributed by atoms with van der Waals surface area (Å²) < 4.78 is 33.2. The number of halogens is 2. The summed E-state index contributed by atoms with van der Waals surface area (Å²) in [6.45, 7) is 4.51. The van der Waals surface area contributed by atoms with Crippen molar-refractivity contribution in [2.24, 2.45) is 0 Å². The lowest BCUT2D eigenvalue weighted by molar-refractivity contribution is 0.175. The van der Waals surface area contributed by atoms with Gasteiger partial charge in [0.25, 0.3) is 0 Å². The van der Waals surface area contributed by atoms with Gasteiger partial charge in [-0.15, -0.1) is 0 Å². The van der Waals surface area contributed by atoms with Gasteiger partial charge in [-0.05, 0) is 49.1 Å². The summed E-state index contributed by atoms with van der Waals surface area (Å²) in [6.07, 6.45) is 15.5. The van der Waals surface area contributed by atoms with Gasteiger partial charge in [0.1, 0.15) is 18.1 Å². The number of alkyl halides is 2. The van der Waals surface area contributed by atoms with E-state index >= 15 is 0 Å². The Balaban J connectivity index is 1.66. The zero-order valence-corrected chi connectivity index (χ0v) is 21.3. The van der Waals surface area contributed by atoms with Crippen molar-refractivity contribution in [3.63, 3.8) is 0 Å². The van der Waals surface area contributed by atoms with Crippen molar-refractivity contribution in [3.05, 3.63) is 42.2 Å². The van der Waals surface area contributed by atoms with Crippen LogP contribution in [0.5, 0.6) is 5.75 Å². The highest BCUT2D eigenvalue weighted by atomic mass is 19.1. The lowest BCUT2D eigenvalue weighted by atomic mass is 10.1. The van der Waals surface area contributed by atoms with Gasteiger partial charge in [-0.2, -0.15) is 0 Å². The van der Waals surface area contributed by atoms with Gasteiger partial charge in [-0.3, -0.25) is 0 Å². The molecule has 5 heteroatoms. The summed E-state index contributed by atoms with van der Waals surface area (Å²) in [5, 5.41) is 0. The highest BCUT2D eigenvalue weighted by Crippen LogP contribution is 2.21. The summed E-state index contributed by atoms with van der Waals surface area (Å²) in [5.41, 5.74) is 2.10. The van der Waals surface area contributed by atoms with E-state index in [4.69, 9.17) is 4.74 Å². The van der Waals surface area contributed by atoms with E-state index in [0.29, 0.717) is 18.0 Å². The number of nitrogens with zero attached hydrogens (tertiary/aromatic N) is 2. The molecule has 1 aromatic carbocycles. The molecule has 0 amide bonds. The highest BCUT2D eigenvalue weighted by molar-refractivity contribution is 5.55. The number of aromatic nitrogens is 2. The van der Waals surface area contributed by atoms with E-state index in [0.717, 1.165) is 24.8 Å². The summed E-state index contributed by atoms with van der Waals surface area (Å²) >= 11 is 0. The quantitative estimate of drug-likeness (QED) is 0.191. The van der Waals surface area contributed by atoms with Crippen LogP contribution in [0.25, 0.3) is 11.4 Å². The minimum absolute atomic E-state index is 0.0331. The SMILES string of the molecule is CCCCCCCCCCc1cnc(-c2ccc(OCC[C@H](F)C[C@H](F)CCCC)cc2)nc1. The van der Waals surface area contributed by atoms with Gasteiger partial charge < -0.3 is 4.74 Å². The van der Waals surface area contributed by atoms with E-state index in [1.807, 2.05) is 43.6 Å². The molecule has 0 aliphatic rings. The van der Waals surface area contributed by atoms with E-state index in [1.54, 1.807) is 0 Å². The Morgan fingerprint density at radius 2 is 1.32 bits per heavy atom. The smallest absolute Gasteiger partial charge is 0.159 e. The third kappa shape index (κ3) is 11.9. The fourth-order valence-electron chi connectivity index (χ4n) is 4.04. The normalized spacial score (nSPS) is 13.1. The van der Waals surface area contributed by atoms with Gasteiger partial charge in [0, 0.05) is 30.8 Å². The first-order valence-corrected chi connectivity index (χ1v) is 13.4. The van der Waals surface area contributed by atoms with Gasteiger partial charge in [0.05, 0.1) is 6.61 Å². The van der Waals surface area contributed by atoms with E-state index in [9.17, 15) is 8.78 Å². The zero-order chi connectivity index (χ0) is 24.4. The van der Waals surface area contributed by atoms with Crippen LogP contribution < -0.4 is 4.74 Å². The average Bonchev–Trinajstić information content (AvgIpc) is 2.85. The molecule has 2 atom stereocenters. The number of unbranched alkanes of at least 4 members (excludes halogenated alkanes) is 8. The number of hydrogen-bond acceptors (Lipinski definition) is 3. The summed E-state index contributed by atoms with van der Waals surface area (Å²) in [6, 6.07) is 7.52. The zero-order valence-electron chi connectivity index (χ0n) is 21.3. The molecule has 1 heterocycles. The lowest BCUT2D eigenvalue weighted by Gasteiger charge is -2.13.